The lowest BCUT2D eigenvalue weighted by Crippen LogP contribution is -2.30. The van der Waals surface area contributed by atoms with Crippen molar-refractivity contribution in [3.8, 4) is 0 Å². The first kappa shape index (κ1) is 15.6. The van der Waals surface area contributed by atoms with Gasteiger partial charge in [0, 0.05) is 11.8 Å². The van der Waals surface area contributed by atoms with Crippen LogP contribution in [0.25, 0.3) is 0 Å². The van der Waals surface area contributed by atoms with Gasteiger partial charge in [0.05, 0.1) is 5.56 Å². The van der Waals surface area contributed by atoms with E-state index in [-0.39, 0.29) is 0 Å². The van der Waals surface area contributed by atoms with E-state index in [0.29, 0.717) is 11.8 Å². The summed E-state index contributed by atoms with van der Waals surface area (Å²) >= 11 is 0. The number of halogens is 2. The van der Waals surface area contributed by atoms with Gasteiger partial charge >= 0.3 is 5.97 Å². The summed E-state index contributed by atoms with van der Waals surface area (Å²) in [5.41, 5.74) is 0.115. The Balaban J connectivity index is 2.00. The molecule has 2 rings (SSSR count). The van der Waals surface area contributed by atoms with Crippen LogP contribution in [0.1, 0.15) is 17.3 Å². The molecule has 0 radical (unpaired) electrons. The Morgan fingerprint density at radius 3 is 2.41 bits per heavy atom. The molecule has 1 unspecified atom stereocenters. The number of ether oxygens (including phenoxy) is 1. The number of nitrogens with one attached hydrogen (secondary N) is 1. The third-order valence-electron chi connectivity index (χ3n) is 2.85. The fraction of sp³-hybridized carbons (Fsp3) is 0.125. The zero-order chi connectivity index (χ0) is 16.1. The highest BCUT2D eigenvalue weighted by Gasteiger charge is 2.21. The van der Waals surface area contributed by atoms with Crippen molar-refractivity contribution in [1.29, 1.82) is 0 Å². The van der Waals surface area contributed by atoms with Crippen LogP contribution in [0.4, 0.5) is 14.5 Å². The predicted molar refractivity (Wildman–Crippen MR) is 76.3 cm³/mol. The Bertz CT molecular complexity index is 689. The van der Waals surface area contributed by atoms with Gasteiger partial charge in [-0.05, 0) is 31.2 Å². The lowest BCUT2D eigenvalue weighted by molar-refractivity contribution is -0.123. The molecule has 1 atom stereocenters. The fourth-order valence-corrected chi connectivity index (χ4v) is 1.70. The Morgan fingerprint density at radius 2 is 1.77 bits per heavy atom. The highest BCUT2D eigenvalue weighted by Crippen LogP contribution is 2.13. The van der Waals surface area contributed by atoms with Gasteiger partial charge in [-0.1, -0.05) is 18.2 Å². The molecule has 2 aromatic carbocycles. The maximum atomic E-state index is 13.5. The third-order valence-corrected chi connectivity index (χ3v) is 2.85. The Kier molecular flexibility index (Phi) is 4.83. The number of carbonyl (C=O) groups is 2. The third kappa shape index (κ3) is 3.88. The van der Waals surface area contributed by atoms with Crippen molar-refractivity contribution >= 4 is 17.6 Å². The maximum Gasteiger partial charge on any atom is 0.341 e. The molecule has 0 saturated heterocycles. The van der Waals surface area contributed by atoms with E-state index in [9.17, 15) is 18.4 Å². The summed E-state index contributed by atoms with van der Waals surface area (Å²) in [7, 11) is 0. The van der Waals surface area contributed by atoms with Crippen molar-refractivity contribution in [2.24, 2.45) is 0 Å². The molecule has 0 aliphatic heterocycles. The fourth-order valence-electron chi connectivity index (χ4n) is 1.70. The number of benzene rings is 2. The number of amides is 1. The quantitative estimate of drug-likeness (QED) is 0.883. The molecule has 1 amide bonds. The maximum absolute atomic E-state index is 13.5. The molecule has 0 aromatic heterocycles. The largest absolute Gasteiger partial charge is 0.449 e. The first-order chi connectivity index (χ1) is 10.5. The summed E-state index contributed by atoms with van der Waals surface area (Å²) in [5, 5.41) is 2.55. The van der Waals surface area contributed by atoms with Crippen LogP contribution < -0.4 is 5.32 Å². The van der Waals surface area contributed by atoms with E-state index in [2.05, 4.69) is 5.32 Å². The van der Waals surface area contributed by atoms with Gasteiger partial charge in [-0.25, -0.2) is 13.6 Å². The molecule has 0 aliphatic rings. The van der Waals surface area contributed by atoms with E-state index in [1.807, 2.05) is 0 Å². The van der Waals surface area contributed by atoms with E-state index in [4.69, 9.17) is 4.74 Å². The SMILES string of the molecule is CC(OC(=O)c1ccc(F)cc1F)C(=O)Nc1ccccc1. The van der Waals surface area contributed by atoms with Gasteiger partial charge in [-0.2, -0.15) is 0 Å². The molecule has 1 N–H and O–H groups in total. The lowest BCUT2D eigenvalue weighted by atomic mass is 10.2. The molecule has 0 spiro atoms. The van der Waals surface area contributed by atoms with Crippen LogP contribution in [-0.4, -0.2) is 18.0 Å². The van der Waals surface area contributed by atoms with Crippen LogP contribution >= 0.6 is 0 Å². The van der Waals surface area contributed by atoms with Gasteiger partial charge in [0.15, 0.2) is 6.10 Å². The van der Waals surface area contributed by atoms with Crippen LogP contribution in [0.3, 0.4) is 0 Å². The number of hydrogen-bond donors (Lipinski definition) is 1. The van der Waals surface area contributed by atoms with E-state index in [1.54, 1.807) is 30.3 Å². The Morgan fingerprint density at radius 1 is 1.09 bits per heavy atom. The first-order valence-corrected chi connectivity index (χ1v) is 6.49. The van der Waals surface area contributed by atoms with E-state index >= 15 is 0 Å². The summed E-state index contributed by atoms with van der Waals surface area (Å²) in [6, 6.07) is 11.1. The minimum Gasteiger partial charge on any atom is -0.449 e. The Hall–Kier alpha value is -2.76. The molecule has 22 heavy (non-hydrogen) atoms. The van der Waals surface area contributed by atoms with Gasteiger partial charge < -0.3 is 10.1 Å². The molecule has 4 nitrogen and oxygen atoms in total. The van der Waals surface area contributed by atoms with Crippen molar-refractivity contribution < 1.29 is 23.1 Å². The average molecular weight is 305 g/mol. The number of carbonyl (C=O) groups excluding carboxylic acids is 2. The standard InChI is InChI=1S/C16H13F2NO3/c1-10(15(20)19-12-5-3-2-4-6-12)22-16(21)13-8-7-11(17)9-14(13)18/h2-10H,1H3,(H,19,20). The van der Waals surface area contributed by atoms with Crippen LogP contribution in [0.2, 0.25) is 0 Å². The van der Waals surface area contributed by atoms with Gasteiger partial charge in [0.25, 0.3) is 5.91 Å². The molecule has 6 heteroatoms. The molecular formula is C16H13F2NO3. The van der Waals surface area contributed by atoms with Crippen LogP contribution in [0.5, 0.6) is 0 Å². The minimum absolute atomic E-state index is 0.430. The lowest BCUT2D eigenvalue weighted by Gasteiger charge is -2.13. The molecule has 2 aromatic rings. The van der Waals surface area contributed by atoms with Gasteiger partial charge in [0.1, 0.15) is 11.6 Å². The summed E-state index contributed by atoms with van der Waals surface area (Å²) in [6.45, 7) is 1.36. The van der Waals surface area contributed by atoms with Crippen molar-refractivity contribution in [2.45, 2.75) is 13.0 Å². The highest BCUT2D eigenvalue weighted by molar-refractivity contribution is 5.97. The average Bonchev–Trinajstić information content (AvgIpc) is 2.47. The number of esters is 1. The summed E-state index contributed by atoms with van der Waals surface area (Å²) in [6.07, 6.45) is -1.13. The molecule has 0 aliphatic carbocycles. The smallest absolute Gasteiger partial charge is 0.341 e. The summed E-state index contributed by atoms with van der Waals surface area (Å²) in [4.78, 5) is 23.7. The molecule has 0 heterocycles. The minimum atomic E-state index is -1.13. The summed E-state index contributed by atoms with van der Waals surface area (Å²) in [5.74, 6) is -3.43. The van der Waals surface area contributed by atoms with Crippen LogP contribution in [0.15, 0.2) is 48.5 Å². The van der Waals surface area contributed by atoms with Gasteiger partial charge in [-0.15, -0.1) is 0 Å². The van der Waals surface area contributed by atoms with Crippen molar-refractivity contribution in [3.63, 3.8) is 0 Å². The number of anilines is 1. The molecule has 0 bridgehead atoms. The van der Waals surface area contributed by atoms with Crippen molar-refractivity contribution in [1.82, 2.24) is 0 Å². The Labute approximate surface area is 125 Å². The topological polar surface area (TPSA) is 55.4 Å². The number of hydrogen-bond acceptors (Lipinski definition) is 3. The number of para-hydroxylation sites is 1. The van der Waals surface area contributed by atoms with Crippen LogP contribution in [0, 0.1) is 11.6 Å². The summed E-state index contributed by atoms with van der Waals surface area (Å²) < 4.78 is 31.1. The zero-order valence-electron chi connectivity index (χ0n) is 11.7. The second kappa shape index (κ2) is 6.80. The predicted octanol–water partition coefficient (Wildman–Crippen LogP) is 3.15. The van der Waals surface area contributed by atoms with Gasteiger partial charge in [0.2, 0.25) is 0 Å². The zero-order valence-corrected chi connectivity index (χ0v) is 11.7. The monoisotopic (exact) mass is 305 g/mol. The molecule has 0 fully saturated rings. The first-order valence-electron chi connectivity index (χ1n) is 6.49. The normalized spacial score (nSPS) is 11.6. The van der Waals surface area contributed by atoms with Crippen LogP contribution in [-0.2, 0) is 9.53 Å². The second-order valence-corrected chi connectivity index (χ2v) is 4.53. The van der Waals surface area contributed by atoms with E-state index in [1.165, 1.54) is 6.92 Å². The number of rotatable bonds is 4. The highest BCUT2D eigenvalue weighted by atomic mass is 19.1. The molecular weight excluding hydrogens is 292 g/mol. The van der Waals surface area contributed by atoms with E-state index in [0.717, 1.165) is 12.1 Å². The van der Waals surface area contributed by atoms with Gasteiger partial charge in [-0.3, -0.25) is 4.79 Å². The van der Waals surface area contributed by atoms with E-state index < -0.39 is 35.2 Å². The van der Waals surface area contributed by atoms with Crippen molar-refractivity contribution in [2.75, 3.05) is 5.32 Å². The molecule has 114 valence electrons. The van der Waals surface area contributed by atoms with Crippen molar-refractivity contribution in [3.05, 3.63) is 65.7 Å². The second-order valence-electron chi connectivity index (χ2n) is 4.53. The molecule has 0 saturated carbocycles.